The fourth-order valence-corrected chi connectivity index (χ4v) is 6.38. The van der Waals surface area contributed by atoms with Crippen molar-refractivity contribution in [3.8, 4) is 11.1 Å². The third-order valence-electron chi connectivity index (χ3n) is 9.03. The van der Waals surface area contributed by atoms with Gasteiger partial charge in [0.1, 0.15) is 0 Å². The SMILES string of the molecule is Cc1c(C)n(Cc2ccc(-c3ccccc3C(=O)O)c(C(C)(C)C)c2)c2ccc(C(=O)N[C@@H](C)C3CCNCC3)cc12. The maximum Gasteiger partial charge on any atom is 0.336 e. The number of aromatic carboxylic acids is 1. The molecule has 0 radical (unpaired) electrons. The molecule has 1 aliphatic rings. The third-order valence-corrected chi connectivity index (χ3v) is 9.03. The quantitative estimate of drug-likeness (QED) is 0.223. The van der Waals surface area contributed by atoms with Gasteiger partial charge in [0.25, 0.3) is 5.91 Å². The second-order valence-electron chi connectivity index (χ2n) is 12.9. The summed E-state index contributed by atoms with van der Waals surface area (Å²) in [5.41, 5.74) is 8.21. The second kappa shape index (κ2) is 11.8. The number of nitrogens with one attached hydrogen (secondary N) is 2. The number of carboxylic acids is 1. The van der Waals surface area contributed by atoms with Crippen molar-refractivity contribution in [1.29, 1.82) is 0 Å². The van der Waals surface area contributed by atoms with Crippen LogP contribution in [0.4, 0.5) is 0 Å². The van der Waals surface area contributed by atoms with Gasteiger partial charge in [-0.3, -0.25) is 4.79 Å². The number of carboxylic acid groups (broad SMARTS) is 1. The summed E-state index contributed by atoms with van der Waals surface area (Å²) < 4.78 is 2.32. The van der Waals surface area contributed by atoms with Crippen molar-refractivity contribution >= 4 is 22.8 Å². The monoisotopic (exact) mass is 565 g/mol. The average molecular weight is 566 g/mol. The first-order valence-corrected chi connectivity index (χ1v) is 15.0. The van der Waals surface area contributed by atoms with Gasteiger partial charge in [-0.2, -0.15) is 0 Å². The normalized spacial score (nSPS) is 15.1. The van der Waals surface area contributed by atoms with Gasteiger partial charge in [-0.05, 0) is 110 Å². The summed E-state index contributed by atoms with van der Waals surface area (Å²) in [5.74, 6) is -0.431. The molecule has 42 heavy (non-hydrogen) atoms. The Kier molecular flexibility index (Phi) is 8.29. The lowest BCUT2D eigenvalue weighted by molar-refractivity contribution is 0.0697. The molecule has 3 N–H and O–H groups in total. The summed E-state index contributed by atoms with van der Waals surface area (Å²) >= 11 is 0. The number of piperidine rings is 1. The Morgan fingerprint density at radius 2 is 1.71 bits per heavy atom. The largest absolute Gasteiger partial charge is 0.478 e. The van der Waals surface area contributed by atoms with Crippen molar-refractivity contribution in [1.82, 2.24) is 15.2 Å². The number of aryl methyl sites for hydroxylation is 1. The lowest BCUT2D eigenvalue weighted by Gasteiger charge is -2.28. The number of nitrogens with zero attached hydrogens (tertiary/aromatic N) is 1. The molecule has 0 bridgehead atoms. The number of amides is 1. The van der Waals surface area contributed by atoms with Crippen LogP contribution in [0.5, 0.6) is 0 Å². The molecule has 1 fully saturated rings. The molecule has 0 aliphatic carbocycles. The number of hydrogen-bond acceptors (Lipinski definition) is 3. The highest BCUT2D eigenvalue weighted by atomic mass is 16.4. The minimum absolute atomic E-state index is 0.0141. The fourth-order valence-electron chi connectivity index (χ4n) is 6.38. The molecule has 5 rings (SSSR count). The predicted molar refractivity (Wildman–Crippen MR) is 171 cm³/mol. The Labute approximate surface area is 249 Å². The summed E-state index contributed by atoms with van der Waals surface area (Å²) in [7, 11) is 0. The number of carbonyl (C=O) groups excluding carboxylic acids is 1. The molecule has 1 atom stereocenters. The summed E-state index contributed by atoms with van der Waals surface area (Å²) in [4.78, 5) is 25.2. The third kappa shape index (κ3) is 5.86. The Morgan fingerprint density at radius 3 is 2.40 bits per heavy atom. The highest BCUT2D eigenvalue weighted by Crippen LogP contribution is 2.36. The molecule has 4 aromatic rings. The molecule has 6 nitrogen and oxygen atoms in total. The number of rotatable bonds is 7. The molecule has 1 saturated heterocycles. The number of fused-ring (bicyclic) bond motifs is 1. The average Bonchev–Trinajstić information content (AvgIpc) is 3.21. The van der Waals surface area contributed by atoms with Crippen LogP contribution in [0.15, 0.2) is 60.7 Å². The zero-order valence-electron chi connectivity index (χ0n) is 25.7. The summed E-state index contributed by atoms with van der Waals surface area (Å²) in [6.45, 7) is 15.6. The first-order chi connectivity index (χ1) is 20.0. The van der Waals surface area contributed by atoms with Gasteiger partial charge in [-0.1, -0.05) is 57.2 Å². The molecule has 220 valence electrons. The van der Waals surface area contributed by atoms with E-state index in [-0.39, 0.29) is 17.4 Å². The van der Waals surface area contributed by atoms with Crippen LogP contribution in [0.3, 0.4) is 0 Å². The van der Waals surface area contributed by atoms with Gasteiger partial charge >= 0.3 is 5.97 Å². The molecule has 0 unspecified atom stereocenters. The Balaban J connectivity index is 1.46. The van der Waals surface area contributed by atoms with E-state index >= 15 is 0 Å². The number of carbonyl (C=O) groups is 2. The molecule has 1 amide bonds. The van der Waals surface area contributed by atoms with Crippen molar-refractivity contribution in [2.24, 2.45) is 5.92 Å². The highest BCUT2D eigenvalue weighted by molar-refractivity contribution is 5.99. The van der Waals surface area contributed by atoms with Gasteiger partial charge in [-0.25, -0.2) is 4.79 Å². The maximum absolute atomic E-state index is 13.2. The van der Waals surface area contributed by atoms with E-state index < -0.39 is 5.97 Å². The zero-order chi connectivity index (χ0) is 30.2. The number of aromatic nitrogens is 1. The van der Waals surface area contributed by atoms with Gasteiger partial charge in [0.05, 0.1) is 5.56 Å². The van der Waals surface area contributed by atoms with Crippen LogP contribution in [0, 0.1) is 19.8 Å². The minimum Gasteiger partial charge on any atom is -0.478 e. The van der Waals surface area contributed by atoms with E-state index in [2.05, 4.69) is 81.0 Å². The van der Waals surface area contributed by atoms with E-state index in [1.54, 1.807) is 12.1 Å². The van der Waals surface area contributed by atoms with Crippen LogP contribution in [-0.2, 0) is 12.0 Å². The van der Waals surface area contributed by atoms with E-state index in [4.69, 9.17) is 0 Å². The van der Waals surface area contributed by atoms with E-state index in [1.165, 1.54) is 11.3 Å². The fraction of sp³-hybridized carbons (Fsp3) is 0.389. The number of hydrogen-bond donors (Lipinski definition) is 3. The van der Waals surface area contributed by atoms with Crippen molar-refractivity contribution in [3.05, 3.63) is 94.2 Å². The summed E-state index contributed by atoms with van der Waals surface area (Å²) in [6, 6.07) is 19.8. The Bertz CT molecular complexity index is 1640. The standard InChI is InChI=1S/C36H43N3O3/c1-22-24(3)39(33-14-12-27(20-31(22)33)34(40)38-23(2)26-15-17-37-18-16-26)21-25-11-13-29(32(19-25)36(4,5)6)28-9-7-8-10-30(28)35(41)42/h7-14,19-20,23,26,37H,15-18,21H2,1-6H3,(H,38,40)(H,41,42)/t23-/m0/s1. The lowest BCUT2D eigenvalue weighted by atomic mass is 9.80. The van der Waals surface area contributed by atoms with Crippen molar-refractivity contribution in [3.63, 3.8) is 0 Å². The minimum atomic E-state index is -0.923. The van der Waals surface area contributed by atoms with Crippen LogP contribution in [0.25, 0.3) is 22.0 Å². The van der Waals surface area contributed by atoms with Crippen LogP contribution in [-0.4, -0.2) is 40.7 Å². The molecule has 1 aromatic heterocycles. The van der Waals surface area contributed by atoms with Gasteiger partial charge in [0.2, 0.25) is 0 Å². The second-order valence-corrected chi connectivity index (χ2v) is 12.9. The first-order valence-electron chi connectivity index (χ1n) is 15.0. The molecule has 1 aliphatic heterocycles. The zero-order valence-corrected chi connectivity index (χ0v) is 25.7. The van der Waals surface area contributed by atoms with E-state index in [9.17, 15) is 14.7 Å². The Morgan fingerprint density at radius 1 is 1.00 bits per heavy atom. The smallest absolute Gasteiger partial charge is 0.336 e. The van der Waals surface area contributed by atoms with Crippen LogP contribution in [0.1, 0.15) is 83.6 Å². The highest BCUT2D eigenvalue weighted by Gasteiger charge is 2.24. The van der Waals surface area contributed by atoms with Gasteiger partial charge < -0.3 is 20.3 Å². The molecule has 0 spiro atoms. The van der Waals surface area contributed by atoms with Crippen molar-refractivity contribution < 1.29 is 14.7 Å². The van der Waals surface area contributed by atoms with Gasteiger partial charge in [0.15, 0.2) is 0 Å². The van der Waals surface area contributed by atoms with Crippen LogP contribution >= 0.6 is 0 Å². The van der Waals surface area contributed by atoms with E-state index in [0.717, 1.165) is 59.1 Å². The molecular formula is C36H43N3O3. The summed E-state index contributed by atoms with van der Waals surface area (Å²) in [6.07, 6.45) is 2.18. The topological polar surface area (TPSA) is 83.4 Å². The lowest BCUT2D eigenvalue weighted by Crippen LogP contribution is -2.42. The first kappa shape index (κ1) is 29.6. The maximum atomic E-state index is 13.2. The molecule has 2 heterocycles. The van der Waals surface area contributed by atoms with Gasteiger partial charge in [0, 0.05) is 34.7 Å². The molecule has 0 saturated carbocycles. The number of benzene rings is 3. The predicted octanol–water partition coefficient (Wildman–Crippen LogP) is 7.09. The van der Waals surface area contributed by atoms with E-state index in [0.29, 0.717) is 23.6 Å². The molecular weight excluding hydrogens is 522 g/mol. The van der Waals surface area contributed by atoms with Crippen molar-refractivity contribution in [2.75, 3.05) is 13.1 Å². The van der Waals surface area contributed by atoms with Gasteiger partial charge in [-0.15, -0.1) is 0 Å². The Hall–Kier alpha value is -3.90. The molecule has 6 heteroatoms. The van der Waals surface area contributed by atoms with Crippen molar-refractivity contribution in [2.45, 2.75) is 72.4 Å². The molecule has 3 aromatic carbocycles. The van der Waals surface area contributed by atoms with Crippen LogP contribution in [0.2, 0.25) is 0 Å². The van der Waals surface area contributed by atoms with Crippen LogP contribution < -0.4 is 10.6 Å². The van der Waals surface area contributed by atoms with E-state index in [1.807, 2.05) is 24.3 Å². The summed E-state index contributed by atoms with van der Waals surface area (Å²) in [5, 5.41) is 17.6.